The van der Waals surface area contributed by atoms with Crippen molar-refractivity contribution < 1.29 is 19.2 Å². The van der Waals surface area contributed by atoms with Crippen molar-refractivity contribution in [1.82, 2.24) is 10.1 Å². The molecule has 6 heteroatoms. The number of aliphatic carboxylic acids is 1. The van der Waals surface area contributed by atoms with Gasteiger partial charge in [0.15, 0.2) is 0 Å². The normalized spacial score (nSPS) is 12.6. The fourth-order valence-electron chi connectivity index (χ4n) is 1.35. The predicted molar refractivity (Wildman–Crippen MR) is 54.9 cm³/mol. The first-order chi connectivity index (χ1) is 7.67. The van der Waals surface area contributed by atoms with E-state index >= 15 is 0 Å². The molecule has 1 atom stereocenters. The summed E-state index contributed by atoms with van der Waals surface area (Å²) in [5.41, 5.74) is 0. The molecule has 1 aromatic rings. The second kappa shape index (κ2) is 6.22. The molecule has 0 aliphatic heterocycles. The molecule has 0 aliphatic carbocycles. The standard InChI is InChI=1S/C10H16N2O4/c1-3-7(15-2)10-11-8(16-12-10)5-4-6-9(13)14/h7H,3-6H2,1-2H3,(H,13,14). The zero-order valence-corrected chi connectivity index (χ0v) is 9.47. The Morgan fingerprint density at radius 3 is 2.94 bits per heavy atom. The van der Waals surface area contributed by atoms with Crippen molar-refractivity contribution in [2.45, 2.75) is 38.7 Å². The first kappa shape index (κ1) is 12.6. The molecule has 0 aromatic carbocycles. The third-order valence-electron chi connectivity index (χ3n) is 2.21. The Bertz CT molecular complexity index is 333. The van der Waals surface area contributed by atoms with Gasteiger partial charge in [-0.15, -0.1) is 0 Å². The Kier molecular flexibility index (Phi) is 4.91. The first-order valence-corrected chi connectivity index (χ1v) is 5.24. The van der Waals surface area contributed by atoms with Crippen LogP contribution in [0.2, 0.25) is 0 Å². The number of aryl methyl sites for hydroxylation is 1. The van der Waals surface area contributed by atoms with Crippen LogP contribution >= 0.6 is 0 Å². The Morgan fingerprint density at radius 2 is 2.38 bits per heavy atom. The fraction of sp³-hybridized carbons (Fsp3) is 0.700. The predicted octanol–water partition coefficient (Wildman–Crippen LogP) is 1.57. The zero-order valence-electron chi connectivity index (χ0n) is 9.47. The van der Waals surface area contributed by atoms with Crippen LogP contribution < -0.4 is 0 Å². The Labute approximate surface area is 93.6 Å². The summed E-state index contributed by atoms with van der Waals surface area (Å²) in [6.07, 6.45) is 1.71. The van der Waals surface area contributed by atoms with Gasteiger partial charge in [0.2, 0.25) is 11.7 Å². The van der Waals surface area contributed by atoms with Crippen molar-refractivity contribution in [3.63, 3.8) is 0 Å². The van der Waals surface area contributed by atoms with Gasteiger partial charge >= 0.3 is 5.97 Å². The monoisotopic (exact) mass is 228 g/mol. The summed E-state index contributed by atoms with van der Waals surface area (Å²) < 4.78 is 10.2. The maximum atomic E-state index is 10.3. The van der Waals surface area contributed by atoms with Crippen molar-refractivity contribution in [3.05, 3.63) is 11.7 Å². The minimum absolute atomic E-state index is 0.110. The van der Waals surface area contributed by atoms with Gasteiger partial charge in [0, 0.05) is 20.0 Å². The van der Waals surface area contributed by atoms with E-state index in [0.29, 0.717) is 24.6 Å². The summed E-state index contributed by atoms with van der Waals surface area (Å²) >= 11 is 0. The van der Waals surface area contributed by atoms with Gasteiger partial charge in [-0.2, -0.15) is 4.98 Å². The third kappa shape index (κ3) is 3.62. The molecule has 0 amide bonds. The second-order valence-electron chi connectivity index (χ2n) is 3.43. The number of ether oxygens (including phenoxy) is 1. The van der Waals surface area contributed by atoms with Gasteiger partial charge in [0.1, 0.15) is 6.10 Å². The minimum Gasteiger partial charge on any atom is -0.481 e. The summed E-state index contributed by atoms with van der Waals surface area (Å²) in [7, 11) is 1.59. The average molecular weight is 228 g/mol. The Hall–Kier alpha value is -1.43. The van der Waals surface area contributed by atoms with Crippen LogP contribution in [-0.2, 0) is 16.0 Å². The number of nitrogens with zero attached hydrogens (tertiary/aromatic N) is 2. The largest absolute Gasteiger partial charge is 0.481 e. The van der Waals surface area contributed by atoms with E-state index in [2.05, 4.69) is 10.1 Å². The van der Waals surface area contributed by atoms with Crippen LogP contribution in [0.4, 0.5) is 0 Å². The quantitative estimate of drug-likeness (QED) is 0.762. The van der Waals surface area contributed by atoms with Crippen LogP contribution in [0.15, 0.2) is 4.52 Å². The van der Waals surface area contributed by atoms with E-state index in [4.69, 9.17) is 14.4 Å². The van der Waals surface area contributed by atoms with Crippen LogP contribution in [0.3, 0.4) is 0 Å². The molecule has 0 radical (unpaired) electrons. The number of carboxylic acids is 1. The van der Waals surface area contributed by atoms with Crippen LogP contribution in [0.5, 0.6) is 0 Å². The highest BCUT2D eigenvalue weighted by Crippen LogP contribution is 2.17. The Balaban J connectivity index is 2.47. The van der Waals surface area contributed by atoms with Gasteiger partial charge in [-0.3, -0.25) is 4.79 Å². The molecule has 0 saturated heterocycles. The number of carbonyl (C=O) groups is 1. The molecule has 1 unspecified atom stereocenters. The van der Waals surface area contributed by atoms with E-state index < -0.39 is 5.97 Å². The van der Waals surface area contributed by atoms with Crippen LogP contribution in [0, 0.1) is 0 Å². The number of hydrogen-bond donors (Lipinski definition) is 1. The van der Waals surface area contributed by atoms with E-state index in [1.807, 2.05) is 6.92 Å². The number of aromatic nitrogens is 2. The SMILES string of the molecule is CCC(OC)c1noc(CCCC(=O)O)n1. The summed E-state index contributed by atoms with van der Waals surface area (Å²) in [6, 6.07) is 0. The summed E-state index contributed by atoms with van der Waals surface area (Å²) in [5, 5.41) is 12.3. The summed E-state index contributed by atoms with van der Waals surface area (Å²) in [4.78, 5) is 14.5. The van der Waals surface area contributed by atoms with Crippen LogP contribution in [0.25, 0.3) is 0 Å². The third-order valence-corrected chi connectivity index (χ3v) is 2.21. The molecule has 1 heterocycles. The lowest BCUT2D eigenvalue weighted by molar-refractivity contribution is -0.137. The highest BCUT2D eigenvalue weighted by Gasteiger charge is 2.15. The molecular weight excluding hydrogens is 212 g/mol. The van der Waals surface area contributed by atoms with Gasteiger partial charge < -0.3 is 14.4 Å². The number of hydrogen-bond acceptors (Lipinski definition) is 5. The molecule has 1 aromatic heterocycles. The smallest absolute Gasteiger partial charge is 0.303 e. The second-order valence-corrected chi connectivity index (χ2v) is 3.43. The summed E-state index contributed by atoms with van der Waals surface area (Å²) in [5.74, 6) is 0.171. The van der Waals surface area contributed by atoms with E-state index in [-0.39, 0.29) is 12.5 Å². The molecule has 90 valence electrons. The topological polar surface area (TPSA) is 85.5 Å². The van der Waals surface area contributed by atoms with Crippen LogP contribution in [-0.4, -0.2) is 28.3 Å². The molecule has 1 N–H and O–H groups in total. The van der Waals surface area contributed by atoms with E-state index in [0.717, 1.165) is 6.42 Å². The van der Waals surface area contributed by atoms with Gasteiger partial charge in [-0.05, 0) is 12.8 Å². The summed E-state index contributed by atoms with van der Waals surface area (Å²) in [6.45, 7) is 1.97. The molecule has 0 spiro atoms. The van der Waals surface area contributed by atoms with Gasteiger partial charge in [0.25, 0.3) is 0 Å². The van der Waals surface area contributed by atoms with E-state index in [1.54, 1.807) is 7.11 Å². The van der Waals surface area contributed by atoms with Gasteiger partial charge in [-0.25, -0.2) is 0 Å². The molecule has 6 nitrogen and oxygen atoms in total. The molecule has 1 rings (SSSR count). The van der Waals surface area contributed by atoms with Crippen molar-refractivity contribution in [3.8, 4) is 0 Å². The molecule has 0 aliphatic rings. The average Bonchev–Trinajstić information content (AvgIpc) is 2.68. The highest BCUT2D eigenvalue weighted by molar-refractivity contribution is 5.66. The minimum atomic E-state index is -0.817. The molecular formula is C10H16N2O4. The molecule has 0 saturated carbocycles. The highest BCUT2D eigenvalue weighted by atomic mass is 16.5. The lowest BCUT2D eigenvalue weighted by Crippen LogP contribution is -2.02. The molecule has 0 fully saturated rings. The molecule has 0 bridgehead atoms. The Morgan fingerprint density at radius 1 is 1.62 bits per heavy atom. The van der Waals surface area contributed by atoms with Gasteiger partial charge in [0.05, 0.1) is 0 Å². The maximum absolute atomic E-state index is 10.3. The van der Waals surface area contributed by atoms with Crippen molar-refractivity contribution in [2.24, 2.45) is 0 Å². The lowest BCUT2D eigenvalue weighted by atomic mass is 10.2. The van der Waals surface area contributed by atoms with Crippen LogP contribution in [0.1, 0.15) is 44.0 Å². The zero-order chi connectivity index (χ0) is 12.0. The van der Waals surface area contributed by atoms with Crippen molar-refractivity contribution in [1.29, 1.82) is 0 Å². The number of rotatable bonds is 7. The van der Waals surface area contributed by atoms with E-state index in [9.17, 15) is 4.79 Å². The van der Waals surface area contributed by atoms with Gasteiger partial charge in [-0.1, -0.05) is 12.1 Å². The number of methoxy groups -OCH3 is 1. The lowest BCUT2D eigenvalue weighted by Gasteiger charge is -2.05. The maximum Gasteiger partial charge on any atom is 0.303 e. The fourth-order valence-corrected chi connectivity index (χ4v) is 1.35. The van der Waals surface area contributed by atoms with E-state index in [1.165, 1.54) is 0 Å². The number of carboxylic acid groups (broad SMARTS) is 1. The van der Waals surface area contributed by atoms with Crippen molar-refractivity contribution in [2.75, 3.05) is 7.11 Å². The first-order valence-electron chi connectivity index (χ1n) is 5.24. The molecule has 16 heavy (non-hydrogen) atoms. The van der Waals surface area contributed by atoms with Crippen molar-refractivity contribution >= 4 is 5.97 Å².